The van der Waals surface area contributed by atoms with Crippen molar-refractivity contribution < 1.29 is 4.74 Å². The molecule has 110 valence electrons. The van der Waals surface area contributed by atoms with Gasteiger partial charge in [-0.25, -0.2) is 4.68 Å². The van der Waals surface area contributed by atoms with E-state index in [0.29, 0.717) is 12.1 Å². The molecule has 2 unspecified atom stereocenters. The predicted molar refractivity (Wildman–Crippen MR) is 83.5 cm³/mol. The van der Waals surface area contributed by atoms with Gasteiger partial charge in [-0.15, -0.1) is 0 Å². The quantitative estimate of drug-likeness (QED) is 0.918. The van der Waals surface area contributed by atoms with Gasteiger partial charge in [0.05, 0.1) is 17.8 Å². The van der Waals surface area contributed by atoms with Crippen LogP contribution in [0.2, 0.25) is 0 Å². The minimum atomic E-state index is 0.328. The molecule has 0 amide bonds. The number of hydrogen-bond donors (Lipinski definition) is 1. The van der Waals surface area contributed by atoms with Gasteiger partial charge in [0, 0.05) is 18.7 Å². The molecule has 0 saturated carbocycles. The second kappa shape index (κ2) is 5.19. The Kier molecular flexibility index (Phi) is 3.19. The summed E-state index contributed by atoms with van der Waals surface area (Å²) in [6.07, 6.45) is 3.75. The Labute approximate surface area is 125 Å². The van der Waals surface area contributed by atoms with Gasteiger partial charge < -0.3 is 10.1 Å². The van der Waals surface area contributed by atoms with E-state index in [4.69, 9.17) is 9.84 Å². The van der Waals surface area contributed by atoms with E-state index in [1.54, 1.807) is 0 Å². The molecule has 0 aliphatic carbocycles. The van der Waals surface area contributed by atoms with Crippen LogP contribution in [0.15, 0.2) is 30.3 Å². The molecule has 1 saturated heterocycles. The van der Waals surface area contributed by atoms with E-state index in [2.05, 4.69) is 47.3 Å². The molecular weight excluding hydrogens is 262 g/mol. The summed E-state index contributed by atoms with van der Waals surface area (Å²) in [6, 6.07) is 10.9. The molecule has 21 heavy (non-hydrogen) atoms. The second-order valence-electron chi connectivity index (χ2n) is 5.95. The summed E-state index contributed by atoms with van der Waals surface area (Å²) in [5.74, 6) is 1.16. The van der Waals surface area contributed by atoms with Crippen LogP contribution in [0.3, 0.4) is 0 Å². The number of aryl methyl sites for hydroxylation is 1. The van der Waals surface area contributed by atoms with Gasteiger partial charge in [-0.3, -0.25) is 0 Å². The Morgan fingerprint density at radius 2 is 2.10 bits per heavy atom. The Balaban J connectivity index is 1.78. The first kappa shape index (κ1) is 12.9. The van der Waals surface area contributed by atoms with Gasteiger partial charge >= 0.3 is 0 Å². The monoisotopic (exact) mass is 283 g/mol. The first-order valence-electron chi connectivity index (χ1n) is 7.84. The Morgan fingerprint density at radius 3 is 2.86 bits per heavy atom. The maximum Gasteiger partial charge on any atom is 0.132 e. The molecule has 1 aromatic carbocycles. The lowest BCUT2D eigenvalue weighted by molar-refractivity contribution is 0.0591. The lowest BCUT2D eigenvalue weighted by atomic mass is 10.0. The van der Waals surface area contributed by atoms with Gasteiger partial charge in [0.1, 0.15) is 5.82 Å². The summed E-state index contributed by atoms with van der Waals surface area (Å²) in [4.78, 5) is 0. The molecule has 0 bridgehead atoms. The molecule has 2 aliphatic heterocycles. The van der Waals surface area contributed by atoms with Crippen LogP contribution in [-0.4, -0.2) is 29.0 Å². The van der Waals surface area contributed by atoms with E-state index in [1.165, 1.54) is 17.5 Å². The molecule has 4 rings (SSSR count). The molecule has 2 aromatic rings. The molecule has 1 fully saturated rings. The average molecular weight is 283 g/mol. The highest BCUT2D eigenvalue weighted by Crippen LogP contribution is 2.39. The molecule has 3 heterocycles. The van der Waals surface area contributed by atoms with E-state index in [0.717, 1.165) is 37.5 Å². The normalized spacial score (nSPS) is 24.6. The van der Waals surface area contributed by atoms with Crippen LogP contribution in [0.1, 0.15) is 31.0 Å². The van der Waals surface area contributed by atoms with Crippen LogP contribution in [0.5, 0.6) is 0 Å². The first-order valence-corrected chi connectivity index (χ1v) is 7.84. The molecule has 4 nitrogen and oxygen atoms in total. The summed E-state index contributed by atoms with van der Waals surface area (Å²) >= 11 is 0. The van der Waals surface area contributed by atoms with Crippen molar-refractivity contribution in [2.24, 2.45) is 0 Å². The predicted octanol–water partition coefficient (Wildman–Crippen LogP) is 3.39. The van der Waals surface area contributed by atoms with Crippen LogP contribution in [0.25, 0.3) is 11.1 Å². The third kappa shape index (κ3) is 2.14. The fourth-order valence-corrected chi connectivity index (χ4v) is 3.62. The van der Waals surface area contributed by atoms with E-state index in [9.17, 15) is 0 Å². The molecule has 0 spiro atoms. The number of rotatable bonds is 2. The van der Waals surface area contributed by atoms with Crippen LogP contribution in [0.4, 0.5) is 5.82 Å². The number of anilines is 1. The number of nitrogens with one attached hydrogen (secondary N) is 1. The highest BCUT2D eigenvalue weighted by atomic mass is 16.5. The van der Waals surface area contributed by atoms with Crippen molar-refractivity contribution in [3.63, 3.8) is 0 Å². The second-order valence-corrected chi connectivity index (χ2v) is 5.95. The van der Waals surface area contributed by atoms with Crippen molar-refractivity contribution in [3.8, 4) is 11.1 Å². The Morgan fingerprint density at radius 1 is 1.24 bits per heavy atom. The lowest BCUT2D eigenvalue weighted by Gasteiger charge is -2.30. The lowest BCUT2D eigenvalue weighted by Crippen LogP contribution is -2.32. The number of aromatic nitrogens is 2. The smallest absolute Gasteiger partial charge is 0.132 e. The first-order chi connectivity index (χ1) is 10.3. The SMILES string of the molecule is Cc1nn2c(c1-c1ccccc1)NCCC2C1CCCO1. The molecule has 4 heteroatoms. The molecular formula is C17H21N3O. The molecule has 2 aliphatic rings. The molecule has 1 aromatic heterocycles. The van der Waals surface area contributed by atoms with Crippen molar-refractivity contribution >= 4 is 5.82 Å². The maximum atomic E-state index is 5.92. The minimum absolute atomic E-state index is 0.328. The van der Waals surface area contributed by atoms with Crippen molar-refractivity contribution in [2.45, 2.75) is 38.3 Å². The van der Waals surface area contributed by atoms with Crippen molar-refractivity contribution in [2.75, 3.05) is 18.5 Å². The van der Waals surface area contributed by atoms with Crippen molar-refractivity contribution in [1.82, 2.24) is 9.78 Å². The average Bonchev–Trinajstić information content (AvgIpc) is 3.14. The van der Waals surface area contributed by atoms with E-state index >= 15 is 0 Å². The third-order valence-electron chi connectivity index (χ3n) is 4.59. The number of hydrogen-bond acceptors (Lipinski definition) is 3. The number of nitrogens with zero attached hydrogens (tertiary/aromatic N) is 2. The fourth-order valence-electron chi connectivity index (χ4n) is 3.62. The largest absolute Gasteiger partial charge is 0.376 e. The summed E-state index contributed by atoms with van der Waals surface area (Å²) < 4.78 is 8.09. The van der Waals surface area contributed by atoms with Gasteiger partial charge in [-0.05, 0) is 31.7 Å². The Hall–Kier alpha value is -1.81. The molecule has 2 atom stereocenters. The van der Waals surface area contributed by atoms with Crippen LogP contribution >= 0.6 is 0 Å². The van der Waals surface area contributed by atoms with Gasteiger partial charge in [0.25, 0.3) is 0 Å². The highest BCUT2D eigenvalue weighted by Gasteiger charge is 2.33. The van der Waals surface area contributed by atoms with Gasteiger partial charge in [-0.1, -0.05) is 30.3 Å². The van der Waals surface area contributed by atoms with Gasteiger partial charge in [0.15, 0.2) is 0 Å². The van der Waals surface area contributed by atoms with Gasteiger partial charge in [-0.2, -0.15) is 5.10 Å². The summed E-state index contributed by atoms with van der Waals surface area (Å²) in [5.41, 5.74) is 3.56. The zero-order valence-corrected chi connectivity index (χ0v) is 12.4. The van der Waals surface area contributed by atoms with Crippen LogP contribution in [0, 0.1) is 6.92 Å². The van der Waals surface area contributed by atoms with Crippen LogP contribution in [-0.2, 0) is 4.74 Å². The zero-order valence-electron chi connectivity index (χ0n) is 12.4. The maximum absolute atomic E-state index is 5.92. The van der Waals surface area contributed by atoms with E-state index in [1.807, 2.05) is 0 Å². The fraction of sp³-hybridized carbons (Fsp3) is 0.471. The molecule has 1 N–H and O–H groups in total. The zero-order chi connectivity index (χ0) is 14.2. The summed E-state index contributed by atoms with van der Waals surface area (Å²) in [7, 11) is 0. The van der Waals surface area contributed by atoms with Crippen molar-refractivity contribution in [1.29, 1.82) is 0 Å². The molecule has 0 radical (unpaired) electrons. The summed E-state index contributed by atoms with van der Waals surface area (Å²) in [6.45, 7) is 3.99. The number of ether oxygens (including phenoxy) is 1. The van der Waals surface area contributed by atoms with E-state index < -0.39 is 0 Å². The van der Waals surface area contributed by atoms with Crippen molar-refractivity contribution in [3.05, 3.63) is 36.0 Å². The highest BCUT2D eigenvalue weighted by molar-refractivity contribution is 5.78. The summed E-state index contributed by atoms with van der Waals surface area (Å²) in [5, 5.41) is 8.38. The van der Waals surface area contributed by atoms with Crippen LogP contribution < -0.4 is 5.32 Å². The topological polar surface area (TPSA) is 39.1 Å². The standard InChI is InChI=1S/C17H21N3O/c1-12-16(13-6-3-2-4-7-13)17-18-10-9-14(20(17)19-12)15-8-5-11-21-15/h2-4,6-7,14-15,18H,5,8-11H2,1H3. The number of benzene rings is 1. The Bertz CT molecular complexity index is 629. The van der Waals surface area contributed by atoms with Gasteiger partial charge in [0.2, 0.25) is 0 Å². The third-order valence-corrected chi connectivity index (χ3v) is 4.59. The number of fused-ring (bicyclic) bond motifs is 1. The minimum Gasteiger partial charge on any atom is -0.376 e. The van der Waals surface area contributed by atoms with E-state index in [-0.39, 0.29) is 0 Å².